The van der Waals surface area contributed by atoms with Gasteiger partial charge in [0.1, 0.15) is 5.82 Å². The second-order valence-electron chi connectivity index (χ2n) is 3.99. The molecule has 2 N–H and O–H groups in total. The molecular weight excluding hydrogens is 204 g/mol. The number of ether oxygens (including phenoxy) is 1. The fraction of sp³-hybridized carbons (Fsp3) is 0.636. The number of rotatable bonds is 3. The molecule has 0 radical (unpaired) electrons. The molecule has 1 aromatic rings. The zero-order valence-corrected chi connectivity index (χ0v) is 9.59. The Labute approximate surface area is 95.6 Å². The van der Waals surface area contributed by atoms with Crippen LogP contribution in [0.3, 0.4) is 0 Å². The molecule has 1 aliphatic rings. The minimum absolute atomic E-state index is 0.391. The van der Waals surface area contributed by atoms with Crippen LogP contribution in [0.25, 0.3) is 0 Å². The van der Waals surface area contributed by atoms with Crippen LogP contribution in [0.1, 0.15) is 18.5 Å². The van der Waals surface area contributed by atoms with Gasteiger partial charge in [-0.3, -0.25) is 4.98 Å². The van der Waals surface area contributed by atoms with Crippen LogP contribution >= 0.6 is 0 Å². The van der Waals surface area contributed by atoms with Crippen LogP contribution in [-0.2, 0) is 11.3 Å². The first kappa shape index (κ1) is 11.3. The zero-order chi connectivity index (χ0) is 11.4. The van der Waals surface area contributed by atoms with Gasteiger partial charge in [0.15, 0.2) is 0 Å². The van der Waals surface area contributed by atoms with Crippen LogP contribution in [0.4, 0.5) is 5.82 Å². The van der Waals surface area contributed by atoms with Crippen molar-refractivity contribution in [2.24, 2.45) is 5.73 Å². The second-order valence-corrected chi connectivity index (χ2v) is 3.99. The standard InChI is InChI=1S/C11H18N4O/c1-16-10-2-4-15(5-3-10)11-8-13-7-9(6-12)14-11/h7-8,10H,2-6,12H2,1H3. The molecule has 0 aliphatic carbocycles. The van der Waals surface area contributed by atoms with Gasteiger partial charge in [0, 0.05) is 32.9 Å². The minimum atomic E-state index is 0.391. The van der Waals surface area contributed by atoms with Gasteiger partial charge in [-0.05, 0) is 12.8 Å². The van der Waals surface area contributed by atoms with Gasteiger partial charge in [-0.1, -0.05) is 0 Å². The summed E-state index contributed by atoms with van der Waals surface area (Å²) in [5.74, 6) is 0.928. The van der Waals surface area contributed by atoms with E-state index in [0.717, 1.165) is 37.4 Å². The molecule has 16 heavy (non-hydrogen) atoms. The van der Waals surface area contributed by atoms with E-state index in [0.29, 0.717) is 12.6 Å². The zero-order valence-electron chi connectivity index (χ0n) is 9.59. The summed E-state index contributed by atoms with van der Waals surface area (Å²) in [5, 5.41) is 0. The van der Waals surface area contributed by atoms with Crippen molar-refractivity contribution in [1.82, 2.24) is 9.97 Å². The Balaban J connectivity index is 2.02. The molecule has 1 fully saturated rings. The van der Waals surface area contributed by atoms with Gasteiger partial charge in [-0.15, -0.1) is 0 Å². The summed E-state index contributed by atoms with van der Waals surface area (Å²) in [6, 6.07) is 0. The van der Waals surface area contributed by atoms with E-state index in [1.54, 1.807) is 19.5 Å². The second kappa shape index (κ2) is 5.23. The Kier molecular flexibility index (Phi) is 3.69. The van der Waals surface area contributed by atoms with Gasteiger partial charge in [0.05, 0.1) is 18.0 Å². The number of nitrogens with zero attached hydrogens (tertiary/aromatic N) is 3. The van der Waals surface area contributed by atoms with E-state index < -0.39 is 0 Å². The van der Waals surface area contributed by atoms with E-state index in [9.17, 15) is 0 Å². The highest BCUT2D eigenvalue weighted by atomic mass is 16.5. The van der Waals surface area contributed by atoms with E-state index in [-0.39, 0.29) is 0 Å². The molecule has 0 bridgehead atoms. The van der Waals surface area contributed by atoms with Crippen LogP contribution in [-0.4, -0.2) is 36.3 Å². The summed E-state index contributed by atoms with van der Waals surface area (Å²) in [6.45, 7) is 2.39. The first-order valence-corrected chi connectivity index (χ1v) is 5.62. The lowest BCUT2D eigenvalue weighted by atomic mass is 10.1. The molecule has 1 aromatic heterocycles. The van der Waals surface area contributed by atoms with Crippen molar-refractivity contribution in [3.8, 4) is 0 Å². The topological polar surface area (TPSA) is 64.3 Å². The molecule has 5 heteroatoms. The Bertz CT molecular complexity index is 337. The maximum absolute atomic E-state index is 5.55. The number of nitrogens with two attached hydrogens (primary N) is 1. The van der Waals surface area contributed by atoms with Gasteiger partial charge in [0.25, 0.3) is 0 Å². The average molecular weight is 222 g/mol. The number of anilines is 1. The maximum atomic E-state index is 5.55. The number of methoxy groups -OCH3 is 1. The van der Waals surface area contributed by atoms with E-state index in [4.69, 9.17) is 10.5 Å². The molecule has 2 heterocycles. The minimum Gasteiger partial charge on any atom is -0.381 e. The molecule has 88 valence electrons. The van der Waals surface area contributed by atoms with Crippen molar-refractivity contribution in [3.63, 3.8) is 0 Å². The fourth-order valence-corrected chi connectivity index (χ4v) is 1.97. The first-order chi connectivity index (χ1) is 7.83. The molecule has 1 aliphatic heterocycles. The summed E-state index contributed by atoms with van der Waals surface area (Å²) in [7, 11) is 1.77. The van der Waals surface area contributed by atoms with E-state index in [1.807, 2.05) is 0 Å². The van der Waals surface area contributed by atoms with Gasteiger partial charge < -0.3 is 15.4 Å². The average Bonchev–Trinajstić information content (AvgIpc) is 2.39. The highest BCUT2D eigenvalue weighted by Gasteiger charge is 2.19. The monoisotopic (exact) mass is 222 g/mol. The molecule has 0 spiro atoms. The molecular formula is C11H18N4O. The quantitative estimate of drug-likeness (QED) is 0.809. The largest absolute Gasteiger partial charge is 0.381 e. The first-order valence-electron chi connectivity index (χ1n) is 5.62. The fourth-order valence-electron chi connectivity index (χ4n) is 1.97. The van der Waals surface area contributed by atoms with Crippen LogP contribution in [0.5, 0.6) is 0 Å². The van der Waals surface area contributed by atoms with Crippen molar-refractivity contribution in [2.45, 2.75) is 25.5 Å². The molecule has 0 aromatic carbocycles. The Morgan fingerprint density at radius 1 is 1.44 bits per heavy atom. The van der Waals surface area contributed by atoms with E-state index >= 15 is 0 Å². The molecule has 0 unspecified atom stereocenters. The molecule has 0 amide bonds. The third-order valence-electron chi connectivity index (χ3n) is 2.98. The normalized spacial score (nSPS) is 17.8. The molecule has 0 saturated carbocycles. The van der Waals surface area contributed by atoms with Crippen molar-refractivity contribution in [2.75, 3.05) is 25.1 Å². The van der Waals surface area contributed by atoms with Gasteiger partial charge in [-0.2, -0.15) is 0 Å². The number of hydrogen-bond acceptors (Lipinski definition) is 5. The van der Waals surface area contributed by atoms with Gasteiger partial charge in [0.2, 0.25) is 0 Å². The lowest BCUT2D eigenvalue weighted by molar-refractivity contribution is 0.0818. The molecule has 5 nitrogen and oxygen atoms in total. The third kappa shape index (κ3) is 2.48. The number of hydrogen-bond donors (Lipinski definition) is 1. The Hall–Kier alpha value is -1.20. The van der Waals surface area contributed by atoms with Crippen molar-refractivity contribution in [3.05, 3.63) is 18.1 Å². The summed E-state index contributed by atoms with van der Waals surface area (Å²) in [5.41, 5.74) is 6.39. The lowest BCUT2D eigenvalue weighted by Crippen LogP contribution is -2.37. The Morgan fingerprint density at radius 2 is 2.19 bits per heavy atom. The van der Waals surface area contributed by atoms with Gasteiger partial charge in [-0.25, -0.2) is 4.98 Å². The Morgan fingerprint density at radius 3 is 2.81 bits per heavy atom. The van der Waals surface area contributed by atoms with Crippen molar-refractivity contribution >= 4 is 5.82 Å². The lowest BCUT2D eigenvalue weighted by Gasteiger charge is -2.31. The molecule has 0 atom stereocenters. The van der Waals surface area contributed by atoms with Crippen LogP contribution in [0.2, 0.25) is 0 Å². The predicted molar refractivity (Wildman–Crippen MR) is 62.2 cm³/mol. The third-order valence-corrected chi connectivity index (χ3v) is 2.98. The van der Waals surface area contributed by atoms with Crippen LogP contribution in [0, 0.1) is 0 Å². The summed E-state index contributed by atoms with van der Waals surface area (Å²) >= 11 is 0. The number of aromatic nitrogens is 2. The predicted octanol–water partition coefficient (Wildman–Crippen LogP) is 0.551. The van der Waals surface area contributed by atoms with Crippen molar-refractivity contribution < 1.29 is 4.74 Å². The maximum Gasteiger partial charge on any atom is 0.147 e. The smallest absolute Gasteiger partial charge is 0.147 e. The highest BCUT2D eigenvalue weighted by molar-refractivity contribution is 5.36. The summed E-state index contributed by atoms with van der Waals surface area (Å²) in [4.78, 5) is 10.9. The van der Waals surface area contributed by atoms with Crippen LogP contribution in [0.15, 0.2) is 12.4 Å². The highest BCUT2D eigenvalue weighted by Crippen LogP contribution is 2.18. The SMILES string of the molecule is COC1CCN(c2cncc(CN)n2)CC1. The van der Waals surface area contributed by atoms with E-state index in [2.05, 4.69) is 14.9 Å². The molecule has 2 rings (SSSR count). The summed E-state index contributed by atoms with van der Waals surface area (Å²) in [6.07, 6.45) is 6.00. The van der Waals surface area contributed by atoms with E-state index in [1.165, 1.54) is 0 Å². The number of piperidine rings is 1. The van der Waals surface area contributed by atoms with Crippen molar-refractivity contribution in [1.29, 1.82) is 0 Å². The molecule has 1 saturated heterocycles. The van der Waals surface area contributed by atoms with Crippen LogP contribution < -0.4 is 10.6 Å². The summed E-state index contributed by atoms with van der Waals surface area (Å²) < 4.78 is 5.34. The van der Waals surface area contributed by atoms with Gasteiger partial charge >= 0.3 is 0 Å².